The summed E-state index contributed by atoms with van der Waals surface area (Å²) >= 11 is 6.46. The summed E-state index contributed by atoms with van der Waals surface area (Å²) in [7, 11) is 0. The van der Waals surface area contributed by atoms with Crippen molar-refractivity contribution in [2.24, 2.45) is 5.92 Å². The molecular formula is C24H18ClN3O5. The highest BCUT2D eigenvalue weighted by Gasteiger charge is 2.60. The van der Waals surface area contributed by atoms with E-state index in [9.17, 15) is 19.7 Å². The molecule has 0 N–H and O–H groups in total. The lowest BCUT2D eigenvalue weighted by Gasteiger charge is -2.29. The maximum Gasteiger partial charge on any atom is 0.269 e. The molecule has 166 valence electrons. The third-order valence-corrected chi connectivity index (χ3v) is 6.27. The monoisotopic (exact) mass is 463 g/mol. The summed E-state index contributed by atoms with van der Waals surface area (Å²) in [6.07, 6.45) is -1.08. The van der Waals surface area contributed by atoms with Crippen molar-refractivity contribution < 1.29 is 19.3 Å². The number of non-ortho nitro benzene ring substituents is 1. The van der Waals surface area contributed by atoms with Gasteiger partial charge in [0.25, 0.3) is 11.6 Å². The topological polar surface area (TPSA) is 93.0 Å². The van der Waals surface area contributed by atoms with Crippen LogP contribution in [-0.4, -0.2) is 22.8 Å². The zero-order valence-corrected chi connectivity index (χ0v) is 18.2. The highest BCUT2D eigenvalue weighted by molar-refractivity contribution is 6.31. The van der Waals surface area contributed by atoms with Crippen LogP contribution in [0.15, 0.2) is 72.8 Å². The molecule has 0 aromatic heterocycles. The van der Waals surface area contributed by atoms with E-state index in [0.29, 0.717) is 16.9 Å². The van der Waals surface area contributed by atoms with Gasteiger partial charge >= 0.3 is 0 Å². The van der Waals surface area contributed by atoms with Gasteiger partial charge in [0.1, 0.15) is 5.92 Å². The molecule has 0 aliphatic carbocycles. The van der Waals surface area contributed by atoms with Gasteiger partial charge in [-0.2, -0.15) is 0 Å². The average molecular weight is 464 g/mol. The van der Waals surface area contributed by atoms with Crippen LogP contribution in [0.3, 0.4) is 0 Å². The summed E-state index contributed by atoms with van der Waals surface area (Å²) in [5.74, 6) is -1.86. The summed E-state index contributed by atoms with van der Waals surface area (Å²) in [6.45, 7) is 1.91. The molecule has 2 fully saturated rings. The molecule has 3 aromatic rings. The number of hydrogen-bond donors (Lipinski definition) is 0. The Bertz CT molecular complexity index is 1260. The van der Waals surface area contributed by atoms with Gasteiger partial charge in [0, 0.05) is 22.7 Å². The fraction of sp³-hybridized carbons (Fsp3) is 0.167. The number of imide groups is 1. The molecule has 5 rings (SSSR count). The standard InChI is InChI=1S/C24H18ClN3O5/c1-14-7-9-15(10-8-14)26-23(29)20-21(18-13-17(28(31)32)11-12-19(18)25)27(33-22(20)24(26)30)16-5-3-2-4-6-16/h2-13,20-22H,1H3/t20-,21+,22-/m1/s1. The molecule has 33 heavy (non-hydrogen) atoms. The first-order valence-corrected chi connectivity index (χ1v) is 10.6. The van der Waals surface area contributed by atoms with E-state index in [-0.39, 0.29) is 10.7 Å². The van der Waals surface area contributed by atoms with Crippen molar-refractivity contribution in [1.29, 1.82) is 0 Å². The van der Waals surface area contributed by atoms with E-state index in [2.05, 4.69) is 0 Å². The third-order valence-electron chi connectivity index (χ3n) is 5.93. The first kappa shape index (κ1) is 21.1. The summed E-state index contributed by atoms with van der Waals surface area (Å²) in [6, 6.07) is 19.2. The second-order valence-electron chi connectivity index (χ2n) is 7.97. The van der Waals surface area contributed by atoms with Crippen LogP contribution in [0.25, 0.3) is 0 Å². The number of amides is 2. The van der Waals surface area contributed by atoms with Crippen LogP contribution in [0.1, 0.15) is 17.2 Å². The predicted octanol–water partition coefficient (Wildman–Crippen LogP) is 4.61. The van der Waals surface area contributed by atoms with Gasteiger partial charge in [-0.3, -0.25) is 24.5 Å². The van der Waals surface area contributed by atoms with Crippen LogP contribution < -0.4 is 9.96 Å². The van der Waals surface area contributed by atoms with E-state index in [1.54, 1.807) is 36.4 Å². The summed E-state index contributed by atoms with van der Waals surface area (Å²) in [4.78, 5) is 45.0. The van der Waals surface area contributed by atoms with Gasteiger partial charge in [-0.25, -0.2) is 9.96 Å². The van der Waals surface area contributed by atoms with E-state index in [1.807, 2.05) is 25.1 Å². The van der Waals surface area contributed by atoms with Crippen molar-refractivity contribution in [3.63, 3.8) is 0 Å². The van der Waals surface area contributed by atoms with Crippen molar-refractivity contribution in [3.05, 3.63) is 99.1 Å². The van der Waals surface area contributed by atoms with Crippen molar-refractivity contribution in [3.8, 4) is 0 Å². The van der Waals surface area contributed by atoms with Gasteiger partial charge in [0.2, 0.25) is 5.91 Å². The van der Waals surface area contributed by atoms with Gasteiger partial charge < -0.3 is 0 Å². The number of anilines is 2. The van der Waals surface area contributed by atoms with Crippen LogP contribution in [0, 0.1) is 23.0 Å². The Morgan fingerprint density at radius 1 is 0.939 bits per heavy atom. The minimum atomic E-state index is -1.08. The Labute approximate surface area is 194 Å². The van der Waals surface area contributed by atoms with E-state index >= 15 is 0 Å². The first-order chi connectivity index (χ1) is 15.9. The lowest BCUT2D eigenvalue weighted by atomic mass is 9.90. The van der Waals surface area contributed by atoms with Gasteiger partial charge in [-0.1, -0.05) is 47.5 Å². The summed E-state index contributed by atoms with van der Waals surface area (Å²) in [5, 5.41) is 13.1. The Morgan fingerprint density at radius 2 is 1.64 bits per heavy atom. The summed E-state index contributed by atoms with van der Waals surface area (Å²) < 4.78 is 0. The molecule has 9 heteroatoms. The van der Waals surface area contributed by atoms with Gasteiger partial charge in [-0.15, -0.1) is 0 Å². The molecule has 0 spiro atoms. The van der Waals surface area contributed by atoms with E-state index in [1.165, 1.54) is 23.3 Å². The largest absolute Gasteiger partial charge is 0.273 e. The average Bonchev–Trinajstić information content (AvgIpc) is 3.31. The number of nitro benzene ring substituents is 1. The van der Waals surface area contributed by atoms with Gasteiger partial charge in [0.15, 0.2) is 6.10 Å². The number of carbonyl (C=O) groups is 2. The Kier molecular flexibility index (Phi) is 5.11. The quantitative estimate of drug-likeness (QED) is 0.319. The zero-order chi connectivity index (χ0) is 23.3. The van der Waals surface area contributed by atoms with Crippen LogP contribution in [-0.2, 0) is 14.4 Å². The van der Waals surface area contributed by atoms with Crippen LogP contribution in [0.4, 0.5) is 17.1 Å². The predicted molar refractivity (Wildman–Crippen MR) is 122 cm³/mol. The smallest absolute Gasteiger partial charge is 0.269 e. The number of rotatable bonds is 4. The highest BCUT2D eigenvalue weighted by Crippen LogP contribution is 2.49. The minimum absolute atomic E-state index is 0.168. The Morgan fingerprint density at radius 3 is 2.30 bits per heavy atom. The number of nitro groups is 1. The zero-order valence-electron chi connectivity index (χ0n) is 17.4. The molecule has 0 radical (unpaired) electrons. The summed E-state index contributed by atoms with van der Waals surface area (Å²) in [5.41, 5.74) is 2.21. The van der Waals surface area contributed by atoms with E-state index < -0.39 is 34.8 Å². The third kappa shape index (κ3) is 3.44. The number of nitrogens with zero attached hydrogens (tertiary/aromatic N) is 3. The number of halogens is 1. The molecule has 8 nitrogen and oxygen atoms in total. The molecule has 3 aromatic carbocycles. The first-order valence-electron chi connectivity index (χ1n) is 10.3. The van der Waals surface area contributed by atoms with Crippen molar-refractivity contribution >= 4 is 40.5 Å². The molecular weight excluding hydrogens is 446 g/mol. The lowest BCUT2D eigenvalue weighted by molar-refractivity contribution is -0.384. The van der Waals surface area contributed by atoms with Crippen molar-refractivity contribution in [1.82, 2.24) is 0 Å². The number of hydrogen-bond acceptors (Lipinski definition) is 6. The molecule has 2 heterocycles. The molecule has 2 saturated heterocycles. The highest BCUT2D eigenvalue weighted by atomic mass is 35.5. The molecule has 2 aliphatic heterocycles. The lowest BCUT2D eigenvalue weighted by Crippen LogP contribution is -2.37. The number of para-hydroxylation sites is 1. The molecule has 2 amide bonds. The molecule has 0 unspecified atom stereocenters. The fourth-order valence-corrected chi connectivity index (χ4v) is 4.58. The number of fused-ring (bicyclic) bond motifs is 1. The Hall–Kier alpha value is -3.75. The SMILES string of the molecule is Cc1ccc(N2C(=O)[C@H]3[C@@H](ON(c4ccccc4)[C@H]3c3cc([N+](=O)[O-])ccc3Cl)C2=O)cc1. The molecule has 2 aliphatic rings. The molecule has 3 atom stereocenters. The van der Waals surface area contributed by atoms with Crippen LogP contribution in [0.2, 0.25) is 5.02 Å². The maximum absolute atomic E-state index is 13.6. The molecule has 0 bridgehead atoms. The number of hydroxylamine groups is 1. The van der Waals surface area contributed by atoms with Crippen LogP contribution >= 0.6 is 11.6 Å². The van der Waals surface area contributed by atoms with E-state index in [4.69, 9.17) is 16.4 Å². The molecule has 0 saturated carbocycles. The fourth-order valence-electron chi connectivity index (χ4n) is 4.35. The van der Waals surface area contributed by atoms with E-state index in [0.717, 1.165) is 10.5 Å². The van der Waals surface area contributed by atoms with Crippen LogP contribution in [0.5, 0.6) is 0 Å². The Balaban J connectivity index is 1.63. The maximum atomic E-state index is 13.6. The minimum Gasteiger partial charge on any atom is -0.273 e. The number of benzene rings is 3. The van der Waals surface area contributed by atoms with Gasteiger partial charge in [0.05, 0.1) is 22.3 Å². The second-order valence-corrected chi connectivity index (χ2v) is 8.38. The second kappa shape index (κ2) is 7.99. The number of carbonyl (C=O) groups excluding carboxylic acids is 2. The number of aryl methyl sites for hydroxylation is 1. The van der Waals surface area contributed by atoms with Crippen molar-refractivity contribution in [2.75, 3.05) is 9.96 Å². The normalized spacial score (nSPS) is 22.1. The van der Waals surface area contributed by atoms with Gasteiger partial charge in [-0.05, 0) is 37.3 Å². The van der Waals surface area contributed by atoms with Crippen molar-refractivity contribution in [2.45, 2.75) is 19.1 Å².